The Kier molecular flexibility index (Phi) is 12.6. The third kappa shape index (κ3) is 9.56. The summed E-state index contributed by atoms with van der Waals surface area (Å²) in [4.78, 5) is 77.8. The maximum absolute atomic E-state index is 13.3. The minimum atomic E-state index is -1.03. The number of hydrogen-bond donors (Lipinski definition) is 5. The van der Waals surface area contributed by atoms with E-state index < -0.39 is 35.6 Å². The van der Waals surface area contributed by atoms with Gasteiger partial charge in [0.15, 0.2) is 0 Å². The average molecular weight is 752 g/mol. The van der Waals surface area contributed by atoms with Crippen molar-refractivity contribution in [2.24, 2.45) is 0 Å². The highest BCUT2D eigenvalue weighted by Gasteiger charge is 2.45. The van der Waals surface area contributed by atoms with Gasteiger partial charge in [0.05, 0.1) is 36.6 Å². The number of benzene rings is 3. The van der Waals surface area contributed by atoms with Crippen LogP contribution >= 0.6 is 0 Å². The molecule has 286 valence electrons. The van der Waals surface area contributed by atoms with Crippen molar-refractivity contribution in [3.05, 3.63) is 107 Å². The molecule has 0 bridgehead atoms. The molecule has 3 aromatic carbocycles. The van der Waals surface area contributed by atoms with Crippen molar-refractivity contribution >= 4 is 46.9 Å². The number of imide groups is 2. The lowest BCUT2D eigenvalue weighted by molar-refractivity contribution is -0.136. The molecule has 55 heavy (non-hydrogen) atoms. The molecule has 6 rings (SSSR count). The normalized spacial score (nSPS) is 15.1. The number of aryl methyl sites for hydroxylation is 1. The van der Waals surface area contributed by atoms with Gasteiger partial charge in [-0.15, -0.1) is 5.10 Å². The number of ether oxygens (including phenoxy) is 1. The topological polar surface area (TPSA) is 217 Å². The summed E-state index contributed by atoms with van der Waals surface area (Å²) in [5, 5.41) is 25.6. The van der Waals surface area contributed by atoms with Crippen LogP contribution in [0.1, 0.15) is 68.0 Å². The maximum Gasteiger partial charge on any atom is 0.322 e. The third-order valence-electron chi connectivity index (χ3n) is 9.20. The summed E-state index contributed by atoms with van der Waals surface area (Å²) in [6.45, 7) is 2.27. The number of carbonyl (C=O) groups excluding carboxylic acids is 6. The number of unbranched alkanes of at least 4 members (excludes halogenated alkanes) is 1. The lowest BCUT2D eigenvalue weighted by Crippen LogP contribution is -2.54. The minimum Gasteiger partial charge on any atom is -0.382 e. The van der Waals surface area contributed by atoms with Gasteiger partial charge in [0, 0.05) is 49.2 Å². The van der Waals surface area contributed by atoms with E-state index in [-0.39, 0.29) is 30.0 Å². The number of hydrogen-bond acceptors (Lipinski definition) is 11. The van der Waals surface area contributed by atoms with Gasteiger partial charge in [-0.2, -0.15) is 0 Å². The number of amides is 7. The smallest absolute Gasteiger partial charge is 0.322 e. The Balaban J connectivity index is 0.924. The van der Waals surface area contributed by atoms with E-state index in [0.717, 1.165) is 22.6 Å². The second-order valence-electron chi connectivity index (χ2n) is 13.0. The van der Waals surface area contributed by atoms with E-state index in [1.165, 1.54) is 0 Å². The van der Waals surface area contributed by atoms with E-state index in [2.05, 4.69) is 26.3 Å². The predicted molar refractivity (Wildman–Crippen MR) is 197 cm³/mol. The molecule has 0 spiro atoms. The van der Waals surface area contributed by atoms with Crippen LogP contribution in [0.25, 0.3) is 0 Å². The van der Waals surface area contributed by atoms with E-state index in [1.807, 2.05) is 36.5 Å². The van der Waals surface area contributed by atoms with Crippen LogP contribution in [-0.2, 0) is 33.8 Å². The number of nitrogens with one attached hydrogen (secondary N) is 4. The average Bonchev–Trinajstić information content (AvgIpc) is 3.75. The van der Waals surface area contributed by atoms with E-state index in [1.54, 1.807) is 57.5 Å². The number of aromatic nitrogens is 3. The number of carbonyl (C=O) groups is 6. The molecular formula is C38H41N9O8. The minimum absolute atomic E-state index is 0.0499. The summed E-state index contributed by atoms with van der Waals surface area (Å²) in [7, 11) is 0. The molecule has 0 aliphatic carbocycles. The molecule has 1 unspecified atom stereocenters. The zero-order valence-electron chi connectivity index (χ0n) is 29.9. The van der Waals surface area contributed by atoms with Gasteiger partial charge in [-0.3, -0.25) is 39.4 Å². The van der Waals surface area contributed by atoms with E-state index in [9.17, 15) is 28.8 Å². The Hall–Kier alpha value is -6.46. The van der Waals surface area contributed by atoms with Crippen molar-refractivity contribution in [3.63, 3.8) is 0 Å². The highest BCUT2D eigenvalue weighted by Crippen LogP contribution is 2.32. The van der Waals surface area contributed by atoms with Crippen molar-refractivity contribution in [1.29, 1.82) is 0 Å². The highest BCUT2D eigenvalue weighted by atomic mass is 16.5. The first-order chi connectivity index (χ1) is 26.7. The molecule has 0 saturated carbocycles. The first-order valence-corrected chi connectivity index (χ1v) is 17.9. The summed E-state index contributed by atoms with van der Waals surface area (Å²) in [6.07, 6.45) is 4.12. The Labute approximate surface area is 316 Å². The molecule has 2 aliphatic rings. The third-order valence-corrected chi connectivity index (χ3v) is 9.20. The van der Waals surface area contributed by atoms with Crippen LogP contribution in [0.15, 0.2) is 79.0 Å². The van der Waals surface area contributed by atoms with Gasteiger partial charge >= 0.3 is 6.03 Å². The number of para-hydroxylation sites is 1. The van der Waals surface area contributed by atoms with Crippen LogP contribution in [0.3, 0.4) is 0 Å². The molecule has 4 aromatic rings. The van der Waals surface area contributed by atoms with Crippen molar-refractivity contribution in [1.82, 2.24) is 35.6 Å². The Morgan fingerprint density at radius 1 is 0.945 bits per heavy atom. The van der Waals surface area contributed by atoms with Crippen LogP contribution in [-0.4, -0.2) is 97.9 Å². The number of rotatable bonds is 17. The fraction of sp³-hybridized carbons (Fsp3) is 0.316. The number of urea groups is 1. The van der Waals surface area contributed by atoms with Crippen molar-refractivity contribution in [2.45, 2.75) is 51.2 Å². The zero-order chi connectivity index (χ0) is 38.7. The molecule has 17 heteroatoms. The van der Waals surface area contributed by atoms with Crippen LogP contribution in [0.5, 0.6) is 0 Å². The van der Waals surface area contributed by atoms with Crippen LogP contribution in [0.4, 0.5) is 16.2 Å². The number of fused-ring (bicyclic) bond motifs is 1. The molecule has 1 saturated heterocycles. The molecule has 1 atom stereocenters. The van der Waals surface area contributed by atoms with Gasteiger partial charge in [0.2, 0.25) is 11.8 Å². The van der Waals surface area contributed by atoms with Crippen molar-refractivity contribution in [2.75, 3.05) is 36.9 Å². The fourth-order valence-electron chi connectivity index (χ4n) is 6.37. The van der Waals surface area contributed by atoms with Crippen LogP contribution < -0.4 is 21.4 Å². The second kappa shape index (κ2) is 18.0. The second-order valence-corrected chi connectivity index (χ2v) is 13.0. The Bertz CT molecular complexity index is 2040. The van der Waals surface area contributed by atoms with Gasteiger partial charge in [0.1, 0.15) is 6.04 Å². The Morgan fingerprint density at radius 3 is 2.51 bits per heavy atom. The quantitative estimate of drug-likeness (QED) is 0.0457. The van der Waals surface area contributed by atoms with E-state index in [4.69, 9.17) is 9.94 Å². The van der Waals surface area contributed by atoms with Gasteiger partial charge in [-0.1, -0.05) is 41.6 Å². The number of piperidine rings is 1. The SMILES string of the molecule is O=C1CCC(N2C(=O)c3cccc(NCCOCCn4cc(CCCCN(Cc5ccc(C(=O)NO)cc5)C(=O)Nc5ccccc5)nn4)c3C2=O)C(=O)N1. The van der Waals surface area contributed by atoms with Crippen LogP contribution in [0.2, 0.25) is 0 Å². The van der Waals surface area contributed by atoms with E-state index in [0.29, 0.717) is 69.2 Å². The number of nitrogens with zero attached hydrogens (tertiary/aromatic N) is 5. The molecule has 3 heterocycles. The molecule has 1 aromatic heterocycles. The van der Waals surface area contributed by atoms with Gasteiger partial charge in [0.25, 0.3) is 17.7 Å². The summed E-state index contributed by atoms with van der Waals surface area (Å²) in [6, 6.07) is 19.4. The molecule has 0 radical (unpaired) electrons. The first-order valence-electron chi connectivity index (χ1n) is 17.9. The van der Waals surface area contributed by atoms with E-state index >= 15 is 0 Å². The van der Waals surface area contributed by atoms with Crippen molar-refractivity contribution in [3.8, 4) is 0 Å². The zero-order valence-corrected chi connectivity index (χ0v) is 29.9. The molecule has 2 aliphatic heterocycles. The number of anilines is 2. The Morgan fingerprint density at radius 2 is 1.75 bits per heavy atom. The molecular weight excluding hydrogens is 710 g/mol. The number of hydroxylamine groups is 1. The standard InChI is InChI=1S/C38H41N9O8/c48-32-17-16-31(35(50)41-32)47-36(51)29-10-6-11-30(33(29)37(47)52)39-18-21-55-22-20-46-24-28(42-44-46)9-4-5-19-45(38(53)40-27-7-2-1-3-8-27)23-25-12-14-26(15-13-25)34(49)43-54/h1-3,6-8,10-15,24,31,39,54H,4-5,9,16-23H2,(H,40,53)(H,43,49)(H,41,48,50). The molecule has 17 nitrogen and oxygen atoms in total. The van der Waals surface area contributed by atoms with Crippen LogP contribution in [0, 0.1) is 0 Å². The fourth-order valence-corrected chi connectivity index (χ4v) is 6.37. The predicted octanol–water partition coefficient (Wildman–Crippen LogP) is 2.98. The van der Waals surface area contributed by atoms with Gasteiger partial charge in [-0.05, 0) is 67.6 Å². The summed E-state index contributed by atoms with van der Waals surface area (Å²) in [5.74, 6) is -2.84. The molecule has 5 N–H and O–H groups in total. The summed E-state index contributed by atoms with van der Waals surface area (Å²) in [5.41, 5.74) is 5.08. The first kappa shape index (κ1) is 38.3. The largest absolute Gasteiger partial charge is 0.382 e. The molecule has 7 amide bonds. The van der Waals surface area contributed by atoms with Crippen molar-refractivity contribution < 1.29 is 38.7 Å². The maximum atomic E-state index is 13.3. The monoisotopic (exact) mass is 751 g/mol. The van der Waals surface area contributed by atoms with Gasteiger partial charge in [-0.25, -0.2) is 15.0 Å². The van der Waals surface area contributed by atoms with Gasteiger partial charge < -0.3 is 20.3 Å². The summed E-state index contributed by atoms with van der Waals surface area (Å²) >= 11 is 0. The lowest BCUT2D eigenvalue weighted by Gasteiger charge is -2.27. The highest BCUT2D eigenvalue weighted by molar-refractivity contribution is 6.25. The lowest BCUT2D eigenvalue weighted by atomic mass is 10.0. The molecule has 1 fully saturated rings. The summed E-state index contributed by atoms with van der Waals surface area (Å²) < 4.78 is 7.46.